The van der Waals surface area contributed by atoms with Gasteiger partial charge in [-0.15, -0.1) is 0 Å². The van der Waals surface area contributed by atoms with Crippen molar-refractivity contribution in [2.45, 2.75) is 33.6 Å². The van der Waals surface area contributed by atoms with E-state index in [2.05, 4.69) is 13.2 Å². The summed E-state index contributed by atoms with van der Waals surface area (Å²) in [6, 6.07) is 0. The quantitative estimate of drug-likeness (QED) is 0.630. The molecular formula is C10H17NO. The van der Waals surface area contributed by atoms with Gasteiger partial charge < -0.3 is 0 Å². The summed E-state index contributed by atoms with van der Waals surface area (Å²) in [4.78, 5) is 12.7. The van der Waals surface area contributed by atoms with E-state index in [1.807, 2.05) is 13.8 Å². The van der Waals surface area contributed by atoms with Crippen LogP contribution in [-0.4, -0.2) is 10.8 Å². The van der Waals surface area contributed by atoms with Crippen LogP contribution in [0.15, 0.2) is 24.6 Å². The zero-order valence-corrected chi connectivity index (χ0v) is 8.18. The Kier molecular flexibility index (Phi) is 4.34. The van der Waals surface area contributed by atoms with Crippen molar-refractivity contribution in [3.05, 3.63) is 24.6 Å². The number of rotatable bonds is 4. The second-order valence-corrected chi connectivity index (χ2v) is 2.69. The molecule has 0 aliphatic carbocycles. The van der Waals surface area contributed by atoms with E-state index in [0.29, 0.717) is 0 Å². The predicted octanol–water partition coefficient (Wildman–Crippen LogP) is 2.68. The molecule has 0 N–H and O–H groups in total. The maximum atomic E-state index is 11.1. The minimum absolute atomic E-state index is 0.00583. The first-order valence-corrected chi connectivity index (χ1v) is 4.20. The maximum Gasteiger partial charge on any atom is 0.227 e. The number of nitrogens with zero attached hydrogens (tertiary/aromatic N) is 1. The Morgan fingerprint density at radius 2 is 1.50 bits per heavy atom. The Bertz CT molecular complexity index is 190. The molecule has 68 valence electrons. The summed E-state index contributed by atoms with van der Waals surface area (Å²) in [5.41, 5.74) is 1.63. The largest absolute Gasteiger partial charge is 0.290 e. The smallest absolute Gasteiger partial charge is 0.227 e. The highest BCUT2D eigenvalue weighted by Gasteiger charge is 2.12. The molecule has 0 rings (SSSR count). The number of carbonyl (C=O) groups is 1. The molecular weight excluding hydrogens is 150 g/mol. The van der Waals surface area contributed by atoms with Crippen LogP contribution in [0.4, 0.5) is 0 Å². The lowest BCUT2D eigenvalue weighted by Crippen LogP contribution is -2.25. The van der Waals surface area contributed by atoms with Crippen LogP contribution in [0.2, 0.25) is 0 Å². The van der Waals surface area contributed by atoms with E-state index >= 15 is 0 Å². The van der Waals surface area contributed by atoms with E-state index < -0.39 is 0 Å². The van der Waals surface area contributed by atoms with Gasteiger partial charge in [0.15, 0.2) is 0 Å². The molecule has 0 aromatic heterocycles. The van der Waals surface area contributed by atoms with E-state index in [1.54, 1.807) is 4.90 Å². The van der Waals surface area contributed by atoms with Crippen molar-refractivity contribution in [2.75, 3.05) is 0 Å². The Hall–Kier alpha value is -1.05. The van der Waals surface area contributed by atoms with E-state index in [-0.39, 0.29) is 5.91 Å². The first kappa shape index (κ1) is 11.0. The van der Waals surface area contributed by atoms with Crippen molar-refractivity contribution in [1.82, 2.24) is 4.90 Å². The average molecular weight is 167 g/mol. The lowest BCUT2D eigenvalue weighted by Gasteiger charge is -2.23. The van der Waals surface area contributed by atoms with Crippen LogP contribution in [0.25, 0.3) is 0 Å². The summed E-state index contributed by atoms with van der Waals surface area (Å²) in [5.74, 6) is -0.00583. The number of hydrogen-bond acceptors (Lipinski definition) is 1. The minimum atomic E-state index is -0.00583. The minimum Gasteiger partial charge on any atom is -0.290 e. The molecule has 0 aromatic carbocycles. The van der Waals surface area contributed by atoms with Gasteiger partial charge in [0.25, 0.3) is 0 Å². The molecule has 1 amide bonds. The van der Waals surface area contributed by atoms with Crippen molar-refractivity contribution < 1.29 is 4.79 Å². The van der Waals surface area contributed by atoms with Crippen LogP contribution in [0, 0.1) is 0 Å². The van der Waals surface area contributed by atoms with Gasteiger partial charge in [0.05, 0.1) is 0 Å². The Balaban J connectivity index is 4.55. The molecule has 0 heterocycles. The van der Waals surface area contributed by atoms with Crippen molar-refractivity contribution in [3.8, 4) is 0 Å². The molecule has 0 saturated carbocycles. The fourth-order valence-electron chi connectivity index (χ4n) is 0.985. The van der Waals surface area contributed by atoms with Gasteiger partial charge in [-0.1, -0.05) is 27.0 Å². The van der Waals surface area contributed by atoms with E-state index in [9.17, 15) is 4.79 Å². The van der Waals surface area contributed by atoms with Crippen molar-refractivity contribution in [1.29, 1.82) is 0 Å². The third-order valence-corrected chi connectivity index (χ3v) is 1.76. The standard InChI is InChI=1S/C10H17NO/c1-6-8(3)11(10(5)12)9(4)7-2/h3-4,6-7H2,1-2,5H3. The lowest BCUT2D eigenvalue weighted by atomic mass is 10.2. The third-order valence-electron chi connectivity index (χ3n) is 1.76. The summed E-state index contributed by atoms with van der Waals surface area (Å²) in [6.07, 6.45) is 1.55. The SMILES string of the molecule is C=C(CC)N(C(=C)CC)C(C)=O. The Labute approximate surface area is 74.6 Å². The molecule has 0 unspecified atom stereocenters. The molecule has 0 aromatic rings. The van der Waals surface area contributed by atoms with Crippen molar-refractivity contribution in [3.63, 3.8) is 0 Å². The van der Waals surface area contributed by atoms with Crippen LogP contribution in [0.1, 0.15) is 33.6 Å². The summed E-state index contributed by atoms with van der Waals surface area (Å²) < 4.78 is 0. The highest BCUT2D eigenvalue weighted by atomic mass is 16.2. The van der Waals surface area contributed by atoms with E-state index in [1.165, 1.54) is 6.92 Å². The van der Waals surface area contributed by atoms with Crippen molar-refractivity contribution >= 4 is 5.91 Å². The molecule has 2 nitrogen and oxygen atoms in total. The van der Waals surface area contributed by atoms with Crippen molar-refractivity contribution in [2.24, 2.45) is 0 Å². The Morgan fingerprint density at radius 1 is 1.17 bits per heavy atom. The topological polar surface area (TPSA) is 20.3 Å². The van der Waals surface area contributed by atoms with Gasteiger partial charge in [-0.2, -0.15) is 0 Å². The second kappa shape index (κ2) is 4.75. The molecule has 0 saturated heterocycles. The molecule has 0 fully saturated rings. The van der Waals surface area contributed by atoms with Gasteiger partial charge in [0.2, 0.25) is 5.91 Å². The molecule has 0 aliphatic heterocycles. The van der Waals surface area contributed by atoms with Crippen LogP contribution in [-0.2, 0) is 4.79 Å². The van der Waals surface area contributed by atoms with Crippen LogP contribution in [0.3, 0.4) is 0 Å². The third kappa shape index (κ3) is 2.53. The molecule has 0 atom stereocenters. The summed E-state index contributed by atoms with van der Waals surface area (Å²) in [6.45, 7) is 13.1. The van der Waals surface area contributed by atoms with Crippen LogP contribution >= 0.6 is 0 Å². The van der Waals surface area contributed by atoms with Gasteiger partial charge >= 0.3 is 0 Å². The molecule has 0 radical (unpaired) electrons. The fraction of sp³-hybridized carbons (Fsp3) is 0.500. The maximum absolute atomic E-state index is 11.1. The Morgan fingerprint density at radius 3 is 1.67 bits per heavy atom. The molecule has 0 bridgehead atoms. The molecule has 2 heteroatoms. The van der Waals surface area contributed by atoms with E-state index in [0.717, 1.165) is 24.2 Å². The normalized spacial score (nSPS) is 9.25. The van der Waals surface area contributed by atoms with Gasteiger partial charge in [-0.25, -0.2) is 0 Å². The first-order chi connectivity index (χ1) is 5.54. The van der Waals surface area contributed by atoms with Gasteiger partial charge in [0, 0.05) is 18.3 Å². The first-order valence-electron chi connectivity index (χ1n) is 4.20. The van der Waals surface area contributed by atoms with Gasteiger partial charge in [-0.05, 0) is 12.8 Å². The monoisotopic (exact) mass is 167 g/mol. The van der Waals surface area contributed by atoms with E-state index in [4.69, 9.17) is 0 Å². The number of hydrogen-bond donors (Lipinski definition) is 0. The summed E-state index contributed by atoms with van der Waals surface area (Å²) in [7, 11) is 0. The van der Waals surface area contributed by atoms with Crippen LogP contribution < -0.4 is 0 Å². The highest BCUT2D eigenvalue weighted by molar-refractivity contribution is 5.77. The van der Waals surface area contributed by atoms with Crippen LogP contribution in [0.5, 0.6) is 0 Å². The summed E-state index contributed by atoms with van der Waals surface area (Å²) >= 11 is 0. The second-order valence-electron chi connectivity index (χ2n) is 2.69. The van der Waals surface area contributed by atoms with Gasteiger partial charge in [0.1, 0.15) is 0 Å². The molecule has 12 heavy (non-hydrogen) atoms. The van der Waals surface area contributed by atoms with Gasteiger partial charge in [-0.3, -0.25) is 9.69 Å². The average Bonchev–Trinajstić information content (AvgIpc) is 2.03. The number of allylic oxidation sites excluding steroid dienone is 2. The molecule has 0 aliphatic rings. The predicted molar refractivity (Wildman–Crippen MR) is 51.4 cm³/mol. The fourth-order valence-corrected chi connectivity index (χ4v) is 0.985. The summed E-state index contributed by atoms with van der Waals surface area (Å²) in [5, 5.41) is 0. The lowest BCUT2D eigenvalue weighted by molar-refractivity contribution is -0.125. The highest BCUT2D eigenvalue weighted by Crippen LogP contribution is 2.15. The number of amides is 1. The molecule has 0 spiro atoms. The zero-order chi connectivity index (χ0) is 9.72. The number of carbonyl (C=O) groups excluding carboxylic acids is 1. The zero-order valence-electron chi connectivity index (χ0n) is 8.18.